The number of hydrogen-bond donors (Lipinski definition) is 0. The van der Waals surface area contributed by atoms with Crippen LogP contribution in [0, 0.1) is 0 Å². The third-order valence-corrected chi connectivity index (χ3v) is 3.53. The van der Waals surface area contributed by atoms with Crippen LogP contribution in [0.15, 0.2) is 72.9 Å². The summed E-state index contributed by atoms with van der Waals surface area (Å²) in [6.07, 6.45) is 1.41. The number of para-hydroxylation sites is 1. The van der Waals surface area contributed by atoms with Gasteiger partial charge in [-0.15, -0.1) is 0 Å². The Labute approximate surface area is 152 Å². The SMILES string of the molecule is CC(COc1ccc(Oc2ccccc2)cc1)Oc1ccc(Cl)cn1. The Morgan fingerprint density at radius 3 is 2.24 bits per heavy atom. The lowest BCUT2D eigenvalue weighted by Crippen LogP contribution is -2.21. The summed E-state index contributed by atoms with van der Waals surface area (Å²) in [5.41, 5.74) is 0. The molecular weight excluding hydrogens is 338 g/mol. The fraction of sp³-hybridized carbons (Fsp3) is 0.150. The maximum absolute atomic E-state index is 5.80. The molecule has 0 fully saturated rings. The number of rotatable bonds is 7. The molecule has 0 N–H and O–H groups in total. The van der Waals surface area contributed by atoms with Gasteiger partial charge in [0.25, 0.3) is 0 Å². The minimum absolute atomic E-state index is 0.145. The van der Waals surface area contributed by atoms with Crippen LogP contribution in [-0.2, 0) is 0 Å². The van der Waals surface area contributed by atoms with Crippen molar-refractivity contribution in [3.63, 3.8) is 0 Å². The largest absolute Gasteiger partial charge is 0.490 e. The summed E-state index contributed by atoms with van der Waals surface area (Å²) in [6.45, 7) is 2.33. The number of halogens is 1. The van der Waals surface area contributed by atoms with Crippen LogP contribution in [0.1, 0.15) is 6.92 Å². The van der Waals surface area contributed by atoms with Crippen LogP contribution in [0.4, 0.5) is 0 Å². The van der Waals surface area contributed by atoms with Gasteiger partial charge in [-0.05, 0) is 49.4 Å². The van der Waals surface area contributed by atoms with E-state index >= 15 is 0 Å². The third kappa shape index (κ3) is 5.40. The van der Waals surface area contributed by atoms with E-state index in [9.17, 15) is 0 Å². The highest BCUT2D eigenvalue weighted by molar-refractivity contribution is 6.30. The lowest BCUT2D eigenvalue weighted by molar-refractivity contribution is 0.138. The van der Waals surface area contributed by atoms with Crippen molar-refractivity contribution in [2.45, 2.75) is 13.0 Å². The Hall–Kier alpha value is -2.72. The van der Waals surface area contributed by atoms with Crippen LogP contribution in [0.5, 0.6) is 23.1 Å². The van der Waals surface area contributed by atoms with Crippen molar-refractivity contribution < 1.29 is 14.2 Å². The van der Waals surface area contributed by atoms with E-state index in [-0.39, 0.29) is 6.10 Å². The third-order valence-electron chi connectivity index (χ3n) is 3.31. The van der Waals surface area contributed by atoms with Gasteiger partial charge in [-0.1, -0.05) is 29.8 Å². The summed E-state index contributed by atoms with van der Waals surface area (Å²) in [7, 11) is 0. The van der Waals surface area contributed by atoms with E-state index in [2.05, 4.69) is 4.98 Å². The van der Waals surface area contributed by atoms with Crippen LogP contribution in [0.3, 0.4) is 0 Å². The monoisotopic (exact) mass is 355 g/mol. The molecule has 0 saturated carbocycles. The molecule has 1 heterocycles. The summed E-state index contributed by atoms with van der Waals surface area (Å²) in [4.78, 5) is 4.10. The Balaban J connectivity index is 1.48. The predicted octanol–water partition coefficient (Wildman–Crippen LogP) is 5.37. The Morgan fingerprint density at radius 2 is 1.56 bits per heavy atom. The molecule has 0 saturated heterocycles. The zero-order valence-corrected chi connectivity index (χ0v) is 14.5. The smallest absolute Gasteiger partial charge is 0.213 e. The van der Waals surface area contributed by atoms with E-state index in [0.29, 0.717) is 17.5 Å². The average Bonchev–Trinajstić information content (AvgIpc) is 2.64. The van der Waals surface area contributed by atoms with E-state index in [0.717, 1.165) is 17.2 Å². The van der Waals surface area contributed by atoms with Gasteiger partial charge >= 0.3 is 0 Å². The number of pyridine rings is 1. The van der Waals surface area contributed by atoms with Crippen molar-refractivity contribution in [1.82, 2.24) is 4.98 Å². The molecule has 0 radical (unpaired) electrons. The zero-order chi connectivity index (χ0) is 17.5. The Kier molecular flexibility index (Phi) is 5.75. The van der Waals surface area contributed by atoms with E-state index in [1.165, 1.54) is 0 Å². The average molecular weight is 356 g/mol. The Bertz CT molecular complexity index is 776. The first-order valence-corrected chi connectivity index (χ1v) is 8.31. The lowest BCUT2D eigenvalue weighted by Gasteiger charge is -2.15. The molecule has 1 aromatic heterocycles. The first-order valence-electron chi connectivity index (χ1n) is 7.93. The maximum atomic E-state index is 5.80. The van der Waals surface area contributed by atoms with Crippen molar-refractivity contribution in [3.8, 4) is 23.1 Å². The summed E-state index contributed by atoms with van der Waals surface area (Å²) >= 11 is 5.80. The van der Waals surface area contributed by atoms with E-state index in [1.54, 1.807) is 18.3 Å². The first-order chi connectivity index (χ1) is 12.2. The summed E-state index contributed by atoms with van der Waals surface area (Å²) < 4.78 is 17.2. The van der Waals surface area contributed by atoms with Gasteiger partial charge in [0.1, 0.15) is 30.0 Å². The predicted molar refractivity (Wildman–Crippen MR) is 97.8 cm³/mol. The molecule has 0 amide bonds. The van der Waals surface area contributed by atoms with Gasteiger partial charge in [0.05, 0.1) is 5.02 Å². The molecule has 1 unspecified atom stereocenters. The van der Waals surface area contributed by atoms with Crippen LogP contribution < -0.4 is 14.2 Å². The zero-order valence-electron chi connectivity index (χ0n) is 13.8. The lowest BCUT2D eigenvalue weighted by atomic mass is 10.3. The highest BCUT2D eigenvalue weighted by atomic mass is 35.5. The van der Waals surface area contributed by atoms with Gasteiger partial charge in [-0.25, -0.2) is 4.98 Å². The molecule has 0 spiro atoms. The van der Waals surface area contributed by atoms with Gasteiger partial charge in [-0.2, -0.15) is 0 Å². The van der Waals surface area contributed by atoms with Crippen LogP contribution in [-0.4, -0.2) is 17.7 Å². The molecule has 0 aliphatic rings. The highest BCUT2D eigenvalue weighted by Gasteiger charge is 2.07. The summed E-state index contributed by atoms with van der Waals surface area (Å²) in [5, 5.41) is 0.578. The van der Waals surface area contributed by atoms with Crippen molar-refractivity contribution in [2.24, 2.45) is 0 Å². The number of nitrogens with zero attached hydrogens (tertiary/aromatic N) is 1. The van der Waals surface area contributed by atoms with Gasteiger partial charge in [0.15, 0.2) is 0 Å². The molecular formula is C20H18ClNO3. The molecule has 25 heavy (non-hydrogen) atoms. The molecule has 128 valence electrons. The number of benzene rings is 2. The molecule has 1 atom stereocenters. The molecule has 3 rings (SSSR count). The minimum Gasteiger partial charge on any atom is -0.490 e. The van der Waals surface area contributed by atoms with Gasteiger partial charge < -0.3 is 14.2 Å². The molecule has 3 aromatic rings. The Morgan fingerprint density at radius 1 is 0.880 bits per heavy atom. The molecule has 0 aliphatic carbocycles. The van der Waals surface area contributed by atoms with Crippen LogP contribution in [0.25, 0.3) is 0 Å². The van der Waals surface area contributed by atoms with E-state index in [1.807, 2.05) is 61.5 Å². The van der Waals surface area contributed by atoms with E-state index < -0.39 is 0 Å². The van der Waals surface area contributed by atoms with Crippen molar-refractivity contribution in [3.05, 3.63) is 77.9 Å². The second-order valence-electron chi connectivity index (χ2n) is 5.44. The molecule has 0 bridgehead atoms. The van der Waals surface area contributed by atoms with Crippen LogP contribution >= 0.6 is 11.6 Å². The molecule has 2 aromatic carbocycles. The minimum atomic E-state index is -0.145. The molecule has 5 heteroatoms. The number of hydrogen-bond acceptors (Lipinski definition) is 4. The van der Waals surface area contributed by atoms with Crippen molar-refractivity contribution in [1.29, 1.82) is 0 Å². The number of aromatic nitrogens is 1. The fourth-order valence-corrected chi connectivity index (χ4v) is 2.23. The summed E-state index contributed by atoms with van der Waals surface area (Å²) in [5.74, 6) is 2.83. The van der Waals surface area contributed by atoms with Gasteiger partial charge in [-0.3, -0.25) is 0 Å². The van der Waals surface area contributed by atoms with Gasteiger partial charge in [0.2, 0.25) is 5.88 Å². The highest BCUT2D eigenvalue weighted by Crippen LogP contribution is 2.23. The normalized spacial score (nSPS) is 11.6. The van der Waals surface area contributed by atoms with Crippen molar-refractivity contribution in [2.75, 3.05) is 6.61 Å². The standard InChI is InChI=1S/C20H18ClNO3/c1-15(24-20-12-7-16(21)13-22-20)14-23-17-8-10-19(11-9-17)25-18-5-3-2-4-6-18/h2-13,15H,14H2,1H3. The fourth-order valence-electron chi connectivity index (χ4n) is 2.11. The second-order valence-corrected chi connectivity index (χ2v) is 5.88. The number of ether oxygens (including phenoxy) is 3. The molecule has 4 nitrogen and oxygen atoms in total. The second kappa shape index (κ2) is 8.40. The van der Waals surface area contributed by atoms with Crippen molar-refractivity contribution >= 4 is 11.6 Å². The quantitative estimate of drug-likeness (QED) is 0.571. The summed E-state index contributed by atoms with van der Waals surface area (Å²) in [6, 6.07) is 20.6. The van der Waals surface area contributed by atoms with Crippen LogP contribution in [0.2, 0.25) is 5.02 Å². The first kappa shape index (κ1) is 17.1. The topological polar surface area (TPSA) is 40.6 Å². The maximum Gasteiger partial charge on any atom is 0.213 e. The molecule has 0 aliphatic heterocycles. The van der Waals surface area contributed by atoms with E-state index in [4.69, 9.17) is 25.8 Å². The van der Waals surface area contributed by atoms with Gasteiger partial charge in [0, 0.05) is 12.3 Å².